The predicted molar refractivity (Wildman–Crippen MR) is 91.8 cm³/mol. The van der Waals surface area contributed by atoms with E-state index in [0.717, 1.165) is 56.2 Å². The van der Waals surface area contributed by atoms with Gasteiger partial charge in [0.2, 0.25) is 0 Å². The van der Waals surface area contributed by atoms with Crippen molar-refractivity contribution in [3.63, 3.8) is 0 Å². The van der Waals surface area contributed by atoms with Crippen molar-refractivity contribution in [2.24, 2.45) is 7.05 Å². The average Bonchev–Trinajstić information content (AvgIpc) is 3.34. The molecule has 0 bridgehead atoms. The molecular weight excluding hydrogens is 318 g/mol. The largest absolute Gasteiger partial charge is 0.469 e. The molecule has 0 fully saturated rings. The fraction of sp³-hybridized carbons (Fsp3) is 0.444. The van der Waals surface area contributed by atoms with E-state index in [0.29, 0.717) is 5.69 Å². The van der Waals surface area contributed by atoms with E-state index in [-0.39, 0.29) is 0 Å². The highest BCUT2D eigenvalue weighted by Crippen LogP contribution is 2.23. The van der Waals surface area contributed by atoms with Crippen molar-refractivity contribution >= 4 is 0 Å². The molecule has 0 aliphatic carbocycles. The molecule has 0 saturated carbocycles. The van der Waals surface area contributed by atoms with Crippen LogP contribution in [0.25, 0.3) is 0 Å². The fourth-order valence-corrected chi connectivity index (χ4v) is 3.40. The first kappa shape index (κ1) is 16.1. The van der Waals surface area contributed by atoms with Crippen LogP contribution in [0.1, 0.15) is 35.4 Å². The number of hydrogen-bond donors (Lipinski definition) is 1. The van der Waals surface area contributed by atoms with Crippen molar-refractivity contribution in [3.8, 4) is 0 Å². The molecule has 25 heavy (non-hydrogen) atoms. The quantitative estimate of drug-likeness (QED) is 0.739. The maximum absolute atomic E-state index is 10.6. The van der Waals surface area contributed by atoms with Gasteiger partial charge in [0.05, 0.1) is 29.9 Å². The Morgan fingerprint density at radius 1 is 1.32 bits per heavy atom. The number of aliphatic hydroxyl groups excluding tert-OH is 1. The first-order valence-electron chi connectivity index (χ1n) is 8.68. The second-order valence-corrected chi connectivity index (χ2v) is 6.52. The van der Waals surface area contributed by atoms with Gasteiger partial charge < -0.3 is 9.52 Å². The summed E-state index contributed by atoms with van der Waals surface area (Å²) in [4.78, 5) is 2.43. The Morgan fingerprint density at radius 3 is 3.00 bits per heavy atom. The average molecular weight is 341 g/mol. The normalized spacial score (nSPS) is 16.1. The van der Waals surface area contributed by atoms with E-state index >= 15 is 0 Å². The number of nitrogens with zero attached hydrogens (tertiary/aromatic N) is 5. The van der Waals surface area contributed by atoms with Crippen LogP contribution in [0, 0.1) is 0 Å². The van der Waals surface area contributed by atoms with E-state index in [2.05, 4.69) is 15.1 Å². The number of rotatable bonds is 6. The van der Waals surface area contributed by atoms with Gasteiger partial charge in [0.15, 0.2) is 0 Å². The third-order valence-electron chi connectivity index (χ3n) is 4.79. The summed E-state index contributed by atoms with van der Waals surface area (Å²) in [5.41, 5.74) is 2.60. The van der Waals surface area contributed by atoms with Crippen LogP contribution in [0.5, 0.6) is 0 Å². The Morgan fingerprint density at radius 2 is 2.24 bits per heavy atom. The van der Waals surface area contributed by atoms with Crippen LogP contribution in [0.2, 0.25) is 0 Å². The molecule has 0 saturated heterocycles. The van der Waals surface area contributed by atoms with Crippen molar-refractivity contribution < 1.29 is 9.52 Å². The maximum Gasteiger partial charge on any atom is 0.139 e. The Hall–Kier alpha value is -2.38. The van der Waals surface area contributed by atoms with Crippen molar-refractivity contribution in [1.29, 1.82) is 0 Å². The molecule has 3 aromatic rings. The summed E-state index contributed by atoms with van der Waals surface area (Å²) in [5.74, 6) is 1.05. The van der Waals surface area contributed by atoms with Gasteiger partial charge in [0.25, 0.3) is 0 Å². The maximum atomic E-state index is 10.6. The van der Waals surface area contributed by atoms with E-state index < -0.39 is 6.10 Å². The van der Waals surface area contributed by atoms with E-state index in [1.54, 1.807) is 17.1 Å². The SMILES string of the molecule is Cn1nccc1C(O)c1cc2n(n1)CCN(CCCc1ccco1)C2. The van der Waals surface area contributed by atoms with Crippen LogP contribution in [0.4, 0.5) is 0 Å². The van der Waals surface area contributed by atoms with E-state index in [1.165, 1.54) is 0 Å². The van der Waals surface area contributed by atoms with Gasteiger partial charge in [0.1, 0.15) is 11.9 Å². The number of aromatic nitrogens is 4. The summed E-state index contributed by atoms with van der Waals surface area (Å²) in [6.45, 7) is 3.73. The molecule has 4 rings (SSSR count). The molecule has 4 heterocycles. The molecule has 132 valence electrons. The molecular formula is C18H23N5O2. The Kier molecular flexibility index (Phi) is 4.42. The van der Waals surface area contributed by atoms with Gasteiger partial charge >= 0.3 is 0 Å². The minimum Gasteiger partial charge on any atom is -0.469 e. The molecule has 7 nitrogen and oxygen atoms in total. The van der Waals surface area contributed by atoms with Crippen molar-refractivity contribution in [1.82, 2.24) is 24.5 Å². The summed E-state index contributed by atoms with van der Waals surface area (Å²) in [6, 6.07) is 7.79. The standard InChI is InChI=1S/C18H23N5O2/c1-21-17(6-7-19-21)18(24)16-12-14-13-22(9-10-23(14)20-16)8-2-4-15-5-3-11-25-15/h3,5-7,11-12,18,24H,2,4,8-10,13H2,1H3. The van der Waals surface area contributed by atoms with E-state index in [1.807, 2.05) is 36.0 Å². The minimum absolute atomic E-state index is 0.691. The summed E-state index contributed by atoms with van der Waals surface area (Å²) in [5, 5.41) is 19.3. The third kappa shape index (κ3) is 3.38. The number of hydrogen-bond acceptors (Lipinski definition) is 5. The van der Waals surface area contributed by atoms with Gasteiger partial charge in [-0.1, -0.05) is 0 Å². The van der Waals surface area contributed by atoms with Crippen LogP contribution in [0.3, 0.4) is 0 Å². The smallest absolute Gasteiger partial charge is 0.139 e. The molecule has 0 spiro atoms. The molecule has 1 unspecified atom stereocenters. The van der Waals surface area contributed by atoms with Crippen LogP contribution in [-0.4, -0.2) is 42.7 Å². The minimum atomic E-state index is -0.738. The zero-order chi connectivity index (χ0) is 17.2. The predicted octanol–water partition coefficient (Wildman–Crippen LogP) is 1.74. The van der Waals surface area contributed by atoms with Gasteiger partial charge in [0, 0.05) is 32.8 Å². The summed E-state index contributed by atoms with van der Waals surface area (Å²) in [7, 11) is 1.83. The van der Waals surface area contributed by atoms with Crippen LogP contribution < -0.4 is 0 Å². The first-order chi connectivity index (χ1) is 12.2. The highest BCUT2D eigenvalue weighted by atomic mass is 16.3. The van der Waals surface area contributed by atoms with Gasteiger partial charge in [-0.3, -0.25) is 14.3 Å². The fourth-order valence-electron chi connectivity index (χ4n) is 3.40. The van der Waals surface area contributed by atoms with Crippen molar-refractivity contribution in [2.75, 3.05) is 13.1 Å². The lowest BCUT2D eigenvalue weighted by Crippen LogP contribution is -2.34. The second-order valence-electron chi connectivity index (χ2n) is 6.52. The van der Waals surface area contributed by atoms with Gasteiger partial charge in [-0.15, -0.1) is 0 Å². The highest BCUT2D eigenvalue weighted by Gasteiger charge is 2.23. The molecule has 1 atom stereocenters. The zero-order valence-corrected chi connectivity index (χ0v) is 14.4. The lowest BCUT2D eigenvalue weighted by molar-refractivity contribution is 0.198. The van der Waals surface area contributed by atoms with Crippen molar-refractivity contribution in [3.05, 3.63) is 59.6 Å². The van der Waals surface area contributed by atoms with E-state index in [9.17, 15) is 5.11 Å². The Bertz CT molecular complexity index is 821. The molecule has 0 radical (unpaired) electrons. The Balaban J connectivity index is 1.38. The molecule has 0 amide bonds. The highest BCUT2D eigenvalue weighted by molar-refractivity contribution is 5.22. The zero-order valence-electron chi connectivity index (χ0n) is 14.4. The van der Waals surface area contributed by atoms with Gasteiger partial charge in [-0.2, -0.15) is 10.2 Å². The lowest BCUT2D eigenvalue weighted by Gasteiger charge is -2.27. The van der Waals surface area contributed by atoms with Gasteiger partial charge in [-0.25, -0.2) is 0 Å². The first-order valence-corrected chi connectivity index (χ1v) is 8.68. The number of fused-ring (bicyclic) bond motifs is 1. The van der Waals surface area contributed by atoms with Crippen LogP contribution in [0.15, 0.2) is 41.1 Å². The molecule has 1 N–H and O–H groups in total. The summed E-state index contributed by atoms with van der Waals surface area (Å²) < 4.78 is 9.08. The number of furan rings is 1. The van der Waals surface area contributed by atoms with Crippen molar-refractivity contribution in [2.45, 2.75) is 32.0 Å². The number of aliphatic hydroxyl groups is 1. The van der Waals surface area contributed by atoms with Crippen LogP contribution >= 0.6 is 0 Å². The molecule has 7 heteroatoms. The molecule has 1 aliphatic heterocycles. The van der Waals surface area contributed by atoms with Gasteiger partial charge in [-0.05, 0) is 37.2 Å². The van der Waals surface area contributed by atoms with Crippen LogP contribution in [-0.2, 0) is 26.6 Å². The second kappa shape index (κ2) is 6.85. The Labute approximate surface area is 146 Å². The monoisotopic (exact) mass is 341 g/mol. The van der Waals surface area contributed by atoms with E-state index in [4.69, 9.17) is 4.42 Å². The topological polar surface area (TPSA) is 72.2 Å². The third-order valence-corrected chi connectivity index (χ3v) is 4.79. The molecule has 1 aliphatic rings. The molecule has 0 aromatic carbocycles. The summed E-state index contributed by atoms with van der Waals surface area (Å²) >= 11 is 0. The number of aryl methyl sites for hydroxylation is 2. The molecule has 3 aromatic heterocycles. The summed E-state index contributed by atoms with van der Waals surface area (Å²) in [6.07, 6.45) is 4.72. The lowest BCUT2D eigenvalue weighted by atomic mass is 10.1.